The highest BCUT2D eigenvalue weighted by Crippen LogP contribution is 2.26. The molecule has 2 heterocycles. The third-order valence-corrected chi connectivity index (χ3v) is 3.67. The molecule has 0 unspecified atom stereocenters. The minimum Gasteiger partial charge on any atom is -0.367 e. The Morgan fingerprint density at radius 2 is 2.32 bits per heavy atom. The largest absolute Gasteiger partial charge is 0.367 e. The van der Waals surface area contributed by atoms with Crippen molar-refractivity contribution in [1.29, 1.82) is 0 Å². The van der Waals surface area contributed by atoms with Crippen molar-refractivity contribution in [2.75, 3.05) is 25.0 Å². The number of rotatable bonds is 6. The highest BCUT2D eigenvalue weighted by atomic mass is 15.2. The van der Waals surface area contributed by atoms with E-state index in [9.17, 15) is 0 Å². The first-order valence-electron chi connectivity index (χ1n) is 7.07. The zero-order valence-electron chi connectivity index (χ0n) is 11.6. The lowest BCUT2D eigenvalue weighted by molar-refractivity contribution is 0.289. The monoisotopic (exact) mass is 259 g/mol. The van der Waals surface area contributed by atoms with E-state index in [4.69, 9.17) is 0 Å². The minimum atomic E-state index is 0.827. The van der Waals surface area contributed by atoms with Gasteiger partial charge in [0.05, 0.1) is 5.69 Å². The molecule has 0 aliphatic heterocycles. The highest BCUT2D eigenvalue weighted by Gasteiger charge is 2.27. The Balaban J connectivity index is 1.64. The number of likely N-dealkylation sites (N-methyl/N-ethyl adjacent to an activating group) is 1. The van der Waals surface area contributed by atoms with Crippen LogP contribution in [0.2, 0.25) is 0 Å². The molecule has 19 heavy (non-hydrogen) atoms. The summed E-state index contributed by atoms with van der Waals surface area (Å²) >= 11 is 0. The summed E-state index contributed by atoms with van der Waals surface area (Å²) in [4.78, 5) is 6.95. The molecule has 1 fully saturated rings. The summed E-state index contributed by atoms with van der Waals surface area (Å²) in [5, 5.41) is 7.83. The van der Waals surface area contributed by atoms with Gasteiger partial charge in [0, 0.05) is 31.5 Å². The molecule has 0 saturated heterocycles. The van der Waals surface area contributed by atoms with Crippen LogP contribution in [0.4, 0.5) is 5.82 Å². The van der Waals surface area contributed by atoms with Gasteiger partial charge in [-0.25, -0.2) is 9.50 Å². The number of nitrogens with one attached hydrogen (secondary N) is 1. The summed E-state index contributed by atoms with van der Waals surface area (Å²) in [6, 6.07) is 2.89. The summed E-state index contributed by atoms with van der Waals surface area (Å²) in [7, 11) is 0. The molecule has 0 atom stereocenters. The highest BCUT2D eigenvalue weighted by molar-refractivity contribution is 5.67. The Morgan fingerprint density at radius 1 is 1.47 bits per heavy atom. The zero-order chi connectivity index (χ0) is 13.2. The van der Waals surface area contributed by atoms with Crippen molar-refractivity contribution in [1.82, 2.24) is 19.5 Å². The first-order valence-corrected chi connectivity index (χ1v) is 7.07. The number of nitrogens with zero attached hydrogens (tertiary/aromatic N) is 4. The molecule has 0 aromatic carbocycles. The van der Waals surface area contributed by atoms with Crippen LogP contribution in [0.3, 0.4) is 0 Å². The third kappa shape index (κ3) is 2.71. The van der Waals surface area contributed by atoms with Crippen molar-refractivity contribution < 1.29 is 0 Å². The van der Waals surface area contributed by atoms with E-state index in [0.717, 1.165) is 42.7 Å². The van der Waals surface area contributed by atoms with Crippen molar-refractivity contribution in [2.24, 2.45) is 0 Å². The second kappa shape index (κ2) is 5.17. The van der Waals surface area contributed by atoms with Crippen LogP contribution in [0.1, 0.15) is 25.5 Å². The Bertz CT molecular complexity index is 558. The van der Waals surface area contributed by atoms with E-state index >= 15 is 0 Å². The molecule has 1 saturated carbocycles. The van der Waals surface area contributed by atoms with Gasteiger partial charge in [-0.05, 0) is 32.4 Å². The average molecular weight is 259 g/mol. The van der Waals surface area contributed by atoms with E-state index in [1.54, 1.807) is 6.20 Å². The Kier molecular flexibility index (Phi) is 3.38. The summed E-state index contributed by atoms with van der Waals surface area (Å²) in [6.07, 6.45) is 6.41. The van der Waals surface area contributed by atoms with Gasteiger partial charge in [0.1, 0.15) is 5.52 Å². The third-order valence-electron chi connectivity index (χ3n) is 3.67. The SMILES string of the molecule is CCN(CCNc1nccn2nc(C)cc12)C1CC1. The van der Waals surface area contributed by atoms with E-state index in [0.29, 0.717) is 0 Å². The molecule has 5 nitrogen and oxygen atoms in total. The van der Waals surface area contributed by atoms with Crippen LogP contribution in [0.15, 0.2) is 18.5 Å². The Morgan fingerprint density at radius 3 is 3.05 bits per heavy atom. The van der Waals surface area contributed by atoms with Crippen LogP contribution < -0.4 is 5.32 Å². The van der Waals surface area contributed by atoms with Crippen LogP contribution >= 0.6 is 0 Å². The van der Waals surface area contributed by atoms with E-state index in [-0.39, 0.29) is 0 Å². The summed E-state index contributed by atoms with van der Waals surface area (Å²) < 4.78 is 1.88. The van der Waals surface area contributed by atoms with Gasteiger partial charge >= 0.3 is 0 Å². The van der Waals surface area contributed by atoms with Gasteiger partial charge in [0.25, 0.3) is 0 Å². The number of aromatic nitrogens is 3. The van der Waals surface area contributed by atoms with Crippen LogP contribution in [0, 0.1) is 6.92 Å². The number of aryl methyl sites for hydroxylation is 1. The van der Waals surface area contributed by atoms with Gasteiger partial charge in [0.15, 0.2) is 5.82 Å². The molecule has 3 rings (SSSR count). The second-order valence-corrected chi connectivity index (χ2v) is 5.18. The molecule has 102 valence electrons. The van der Waals surface area contributed by atoms with Crippen molar-refractivity contribution in [3.05, 3.63) is 24.2 Å². The molecular weight excluding hydrogens is 238 g/mol. The molecule has 2 aromatic rings. The predicted molar refractivity (Wildman–Crippen MR) is 76.5 cm³/mol. The van der Waals surface area contributed by atoms with Crippen LogP contribution in [0.5, 0.6) is 0 Å². The molecule has 1 aliphatic rings. The van der Waals surface area contributed by atoms with E-state index in [1.807, 2.05) is 17.6 Å². The van der Waals surface area contributed by atoms with Crippen molar-refractivity contribution in [2.45, 2.75) is 32.7 Å². The van der Waals surface area contributed by atoms with Gasteiger partial charge in [-0.1, -0.05) is 6.92 Å². The molecule has 1 aliphatic carbocycles. The van der Waals surface area contributed by atoms with Crippen molar-refractivity contribution in [3.63, 3.8) is 0 Å². The van der Waals surface area contributed by atoms with Crippen molar-refractivity contribution in [3.8, 4) is 0 Å². The second-order valence-electron chi connectivity index (χ2n) is 5.18. The fourth-order valence-corrected chi connectivity index (χ4v) is 2.54. The zero-order valence-corrected chi connectivity index (χ0v) is 11.6. The summed E-state index contributed by atoms with van der Waals surface area (Å²) in [5.74, 6) is 0.926. The molecule has 0 bridgehead atoms. The molecule has 5 heteroatoms. The lowest BCUT2D eigenvalue weighted by Crippen LogP contribution is -2.31. The van der Waals surface area contributed by atoms with Crippen LogP contribution in [0.25, 0.3) is 5.52 Å². The first-order chi connectivity index (χ1) is 9.28. The number of anilines is 1. The summed E-state index contributed by atoms with van der Waals surface area (Å²) in [5.41, 5.74) is 2.07. The maximum absolute atomic E-state index is 4.41. The van der Waals surface area contributed by atoms with Crippen LogP contribution in [-0.2, 0) is 0 Å². The average Bonchev–Trinajstić information content (AvgIpc) is 3.16. The quantitative estimate of drug-likeness (QED) is 0.861. The fourth-order valence-electron chi connectivity index (χ4n) is 2.54. The van der Waals surface area contributed by atoms with Gasteiger partial charge in [0.2, 0.25) is 0 Å². The molecule has 1 N–H and O–H groups in total. The van der Waals surface area contributed by atoms with Gasteiger partial charge in [-0.3, -0.25) is 4.90 Å². The molecular formula is C14H21N5. The van der Waals surface area contributed by atoms with Crippen LogP contribution in [-0.4, -0.2) is 45.2 Å². The van der Waals surface area contributed by atoms with Crippen molar-refractivity contribution >= 4 is 11.3 Å². The molecule has 0 spiro atoms. The number of hydrogen-bond acceptors (Lipinski definition) is 4. The first kappa shape index (κ1) is 12.4. The maximum atomic E-state index is 4.41. The standard InChI is InChI=1S/C14H21N5/c1-3-18(12-4-5-12)8-6-15-14-13-10-11(2)17-19(13)9-7-16-14/h7,9-10,12H,3-6,8H2,1-2H3,(H,15,16). The maximum Gasteiger partial charge on any atom is 0.152 e. The minimum absolute atomic E-state index is 0.827. The smallest absolute Gasteiger partial charge is 0.152 e. The number of hydrogen-bond donors (Lipinski definition) is 1. The topological polar surface area (TPSA) is 45.5 Å². The molecule has 2 aromatic heterocycles. The van der Waals surface area contributed by atoms with Gasteiger partial charge < -0.3 is 5.32 Å². The van der Waals surface area contributed by atoms with E-state index < -0.39 is 0 Å². The lowest BCUT2D eigenvalue weighted by atomic mass is 10.4. The fraction of sp³-hybridized carbons (Fsp3) is 0.571. The Hall–Kier alpha value is -1.62. The number of fused-ring (bicyclic) bond motifs is 1. The predicted octanol–water partition coefficient (Wildman–Crippen LogP) is 1.93. The molecule has 0 amide bonds. The van der Waals surface area contributed by atoms with Gasteiger partial charge in [-0.15, -0.1) is 0 Å². The molecule has 0 radical (unpaired) electrons. The normalized spacial score (nSPS) is 15.3. The van der Waals surface area contributed by atoms with Gasteiger partial charge in [-0.2, -0.15) is 5.10 Å². The van der Waals surface area contributed by atoms with E-state index in [1.165, 1.54) is 12.8 Å². The lowest BCUT2D eigenvalue weighted by Gasteiger charge is -2.19. The Labute approximate surface area is 113 Å². The summed E-state index contributed by atoms with van der Waals surface area (Å²) in [6.45, 7) is 7.38. The van der Waals surface area contributed by atoms with E-state index in [2.05, 4.69) is 33.3 Å².